The molecule has 10 heteroatoms. The lowest BCUT2D eigenvalue weighted by atomic mass is 10.1. The van der Waals surface area contributed by atoms with E-state index in [1.807, 2.05) is 31.3 Å². The first-order chi connectivity index (χ1) is 18.0. The summed E-state index contributed by atoms with van der Waals surface area (Å²) in [5.74, 6) is -0.189. The number of hydrogen-bond acceptors (Lipinski definition) is 6. The second-order valence-corrected chi connectivity index (χ2v) is 9.51. The molecule has 2 aromatic carbocycles. The Bertz CT molecular complexity index is 1490. The highest BCUT2D eigenvalue weighted by Gasteiger charge is 2.28. The number of ether oxygens (including phenoxy) is 1. The number of hydrogen-bond donors (Lipinski definition) is 3. The van der Waals surface area contributed by atoms with Gasteiger partial charge in [-0.05, 0) is 61.2 Å². The maximum atomic E-state index is 15.1. The monoisotopic (exact) mass is 501 g/mol. The van der Waals surface area contributed by atoms with Crippen LogP contribution >= 0.6 is 0 Å². The van der Waals surface area contributed by atoms with E-state index in [0.29, 0.717) is 41.7 Å². The number of anilines is 4. The van der Waals surface area contributed by atoms with E-state index in [0.717, 1.165) is 48.4 Å². The number of morpholine rings is 1. The van der Waals surface area contributed by atoms with E-state index in [9.17, 15) is 4.79 Å². The van der Waals surface area contributed by atoms with Gasteiger partial charge in [-0.15, -0.1) is 0 Å². The molecule has 37 heavy (non-hydrogen) atoms. The van der Waals surface area contributed by atoms with Crippen LogP contribution in [0.1, 0.15) is 24.4 Å². The molecule has 1 aliphatic carbocycles. The van der Waals surface area contributed by atoms with Crippen LogP contribution in [0.2, 0.25) is 0 Å². The molecule has 9 nitrogen and oxygen atoms in total. The standard InChI is InChI=1S/C27H28FN7O2/c1-16-12-18(3-7-23(16)34-8-10-37-11-9-34)32-27(36)33-22-6-2-17(13-21(22)28)20-14-35(19-4-5-19)26-24(20)25(29)30-15-31-26/h2-3,6-7,12-15,19H,4-5,8-11H2,1H3,(H2,29,30,31)(H2,32,33,36). The van der Waals surface area contributed by atoms with Crippen LogP contribution in [0.25, 0.3) is 22.2 Å². The van der Waals surface area contributed by atoms with E-state index in [2.05, 4.69) is 30.1 Å². The topological polar surface area (TPSA) is 110 Å². The number of rotatable bonds is 5. The molecule has 1 saturated heterocycles. The van der Waals surface area contributed by atoms with Gasteiger partial charge < -0.3 is 30.6 Å². The summed E-state index contributed by atoms with van der Waals surface area (Å²) in [4.78, 5) is 23.4. The van der Waals surface area contributed by atoms with E-state index >= 15 is 4.39 Å². The number of nitrogens with two attached hydrogens (primary N) is 1. The van der Waals surface area contributed by atoms with Crippen molar-refractivity contribution in [2.45, 2.75) is 25.8 Å². The van der Waals surface area contributed by atoms with Gasteiger partial charge in [0.2, 0.25) is 0 Å². The number of nitrogens with zero attached hydrogens (tertiary/aromatic N) is 4. The van der Waals surface area contributed by atoms with Crippen LogP contribution in [0.5, 0.6) is 0 Å². The number of benzene rings is 2. The van der Waals surface area contributed by atoms with Crippen molar-refractivity contribution in [3.05, 3.63) is 60.3 Å². The van der Waals surface area contributed by atoms with Crippen LogP contribution in [0, 0.1) is 12.7 Å². The highest BCUT2D eigenvalue weighted by atomic mass is 19.1. The maximum Gasteiger partial charge on any atom is 0.323 e. The summed E-state index contributed by atoms with van der Waals surface area (Å²) in [6.07, 6.45) is 5.57. The summed E-state index contributed by atoms with van der Waals surface area (Å²) in [7, 11) is 0. The molecule has 0 unspecified atom stereocenters. The zero-order chi connectivity index (χ0) is 25.5. The quantitative estimate of drug-likeness (QED) is 0.357. The molecule has 3 heterocycles. The smallest absolute Gasteiger partial charge is 0.323 e. The van der Waals surface area contributed by atoms with Gasteiger partial charge in [0.15, 0.2) is 0 Å². The predicted octanol–water partition coefficient (Wildman–Crippen LogP) is 4.94. The van der Waals surface area contributed by atoms with Gasteiger partial charge in [0, 0.05) is 42.3 Å². The summed E-state index contributed by atoms with van der Waals surface area (Å²) >= 11 is 0. The second-order valence-electron chi connectivity index (χ2n) is 9.51. The molecule has 2 aliphatic rings. The Labute approximate surface area is 213 Å². The van der Waals surface area contributed by atoms with Gasteiger partial charge >= 0.3 is 6.03 Å². The molecular weight excluding hydrogens is 473 g/mol. The van der Waals surface area contributed by atoms with Gasteiger partial charge in [-0.25, -0.2) is 19.2 Å². The SMILES string of the molecule is Cc1cc(NC(=O)Nc2ccc(-c3cn(C4CC4)c4ncnc(N)c34)cc2F)ccc1N1CCOCC1. The van der Waals surface area contributed by atoms with Crippen LogP contribution in [-0.2, 0) is 4.74 Å². The number of carbonyl (C=O) groups excluding carboxylic acids is 1. The summed E-state index contributed by atoms with van der Waals surface area (Å²) < 4.78 is 22.6. The van der Waals surface area contributed by atoms with Crippen LogP contribution in [0.4, 0.5) is 32.1 Å². The van der Waals surface area contributed by atoms with E-state index in [1.165, 1.54) is 12.4 Å². The summed E-state index contributed by atoms with van der Waals surface area (Å²) in [5, 5.41) is 6.11. The first kappa shape index (κ1) is 23.2. The number of urea groups is 1. The number of halogens is 1. The lowest BCUT2D eigenvalue weighted by Crippen LogP contribution is -2.36. The Morgan fingerprint density at radius 3 is 2.65 bits per heavy atom. The molecule has 2 aromatic heterocycles. The molecule has 1 saturated carbocycles. The Morgan fingerprint density at radius 1 is 1.11 bits per heavy atom. The molecule has 0 spiro atoms. The highest BCUT2D eigenvalue weighted by molar-refractivity contribution is 6.02. The summed E-state index contributed by atoms with van der Waals surface area (Å²) in [6.45, 7) is 5.09. The molecular formula is C27H28FN7O2. The van der Waals surface area contributed by atoms with Gasteiger partial charge in [0.25, 0.3) is 0 Å². The first-order valence-electron chi connectivity index (χ1n) is 12.4. The van der Waals surface area contributed by atoms with Crippen molar-refractivity contribution in [3.8, 4) is 11.1 Å². The van der Waals surface area contributed by atoms with Crippen LogP contribution in [0.15, 0.2) is 48.9 Å². The van der Waals surface area contributed by atoms with Gasteiger partial charge in [0.05, 0.1) is 24.3 Å². The van der Waals surface area contributed by atoms with Gasteiger partial charge in [0.1, 0.15) is 23.6 Å². The maximum absolute atomic E-state index is 15.1. The molecule has 4 N–H and O–H groups in total. The van der Waals surface area contributed by atoms with Crippen molar-refractivity contribution in [1.82, 2.24) is 14.5 Å². The second kappa shape index (κ2) is 9.36. The Morgan fingerprint density at radius 2 is 1.92 bits per heavy atom. The van der Waals surface area contributed by atoms with Crippen molar-refractivity contribution in [2.24, 2.45) is 0 Å². The van der Waals surface area contributed by atoms with E-state index in [-0.39, 0.29) is 5.69 Å². The molecule has 1 aliphatic heterocycles. The Balaban J connectivity index is 1.19. The number of nitrogen functional groups attached to an aromatic ring is 1. The minimum atomic E-state index is -0.547. The first-order valence-corrected chi connectivity index (χ1v) is 12.4. The minimum Gasteiger partial charge on any atom is -0.383 e. The van der Waals surface area contributed by atoms with Crippen molar-refractivity contribution in [3.63, 3.8) is 0 Å². The molecule has 2 amide bonds. The molecule has 0 radical (unpaired) electrons. The minimum absolute atomic E-state index is 0.0815. The highest BCUT2D eigenvalue weighted by Crippen LogP contribution is 2.42. The average Bonchev–Trinajstić information content (AvgIpc) is 3.66. The molecule has 4 aromatic rings. The number of aromatic nitrogens is 3. The van der Waals surface area contributed by atoms with Gasteiger partial charge in [-0.1, -0.05) is 6.07 Å². The third-order valence-electron chi connectivity index (χ3n) is 6.91. The van der Waals surface area contributed by atoms with Crippen LogP contribution in [-0.4, -0.2) is 46.9 Å². The van der Waals surface area contributed by atoms with Gasteiger partial charge in [-0.3, -0.25) is 0 Å². The zero-order valence-electron chi connectivity index (χ0n) is 20.5. The number of amides is 2. The molecule has 190 valence electrons. The lowest BCUT2D eigenvalue weighted by Gasteiger charge is -2.30. The predicted molar refractivity (Wildman–Crippen MR) is 142 cm³/mol. The van der Waals surface area contributed by atoms with E-state index in [4.69, 9.17) is 10.5 Å². The summed E-state index contributed by atoms with van der Waals surface area (Å²) in [6, 6.07) is 10.3. The largest absolute Gasteiger partial charge is 0.383 e. The fourth-order valence-corrected chi connectivity index (χ4v) is 4.92. The van der Waals surface area contributed by atoms with Crippen LogP contribution in [0.3, 0.4) is 0 Å². The zero-order valence-corrected chi connectivity index (χ0v) is 20.5. The van der Waals surface area contributed by atoms with Crippen molar-refractivity contribution in [1.29, 1.82) is 0 Å². The number of carbonyl (C=O) groups is 1. The Kier molecular flexibility index (Phi) is 5.88. The van der Waals surface area contributed by atoms with Crippen LogP contribution < -0.4 is 21.3 Å². The molecule has 6 rings (SSSR count). The fraction of sp³-hybridized carbons (Fsp3) is 0.296. The van der Waals surface area contributed by atoms with Gasteiger partial charge in [-0.2, -0.15) is 0 Å². The fourth-order valence-electron chi connectivity index (χ4n) is 4.92. The normalized spacial score (nSPS) is 15.7. The molecule has 0 atom stereocenters. The Hall–Kier alpha value is -4.18. The van der Waals surface area contributed by atoms with E-state index < -0.39 is 11.8 Å². The molecule has 2 fully saturated rings. The lowest BCUT2D eigenvalue weighted by molar-refractivity contribution is 0.122. The summed E-state index contributed by atoms with van der Waals surface area (Å²) in [5.41, 5.74) is 11.2. The number of fused-ring (bicyclic) bond motifs is 1. The average molecular weight is 502 g/mol. The van der Waals surface area contributed by atoms with E-state index in [1.54, 1.807) is 12.1 Å². The molecule has 0 bridgehead atoms. The van der Waals surface area contributed by atoms with Crippen molar-refractivity contribution in [2.75, 3.05) is 47.6 Å². The third-order valence-corrected chi connectivity index (χ3v) is 6.91. The van der Waals surface area contributed by atoms with Crippen molar-refractivity contribution < 1.29 is 13.9 Å². The van der Waals surface area contributed by atoms with Crippen molar-refractivity contribution >= 4 is 39.9 Å². The third kappa shape index (κ3) is 4.55. The number of aryl methyl sites for hydroxylation is 1. The number of nitrogens with one attached hydrogen (secondary N) is 2.